The number of ether oxygens (including phenoxy) is 2. The summed E-state index contributed by atoms with van der Waals surface area (Å²) in [6, 6.07) is 6.65. The van der Waals surface area contributed by atoms with Gasteiger partial charge in [-0.2, -0.15) is 0 Å². The van der Waals surface area contributed by atoms with Crippen molar-refractivity contribution in [2.24, 2.45) is 0 Å². The van der Waals surface area contributed by atoms with Gasteiger partial charge in [0.2, 0.25) is 0 Å². The van der Waals surface area contributed by atoms with Gasteiger partial charge in [-0.1, -0.05) is 12.1 Å². The van der Waals surface area contributed by atoms with Crippen LogP contribution in [0, 0.1) is 0 Å². The second-order valence-electron chi connectivity index (χ2n) is 4.57. The Morgan fingerprint density at radius 1 is 1.40 bits per heavy atom. The van der Waals surface area contributed by atoms with Crippen LogP contribution >= 0.6 is 12.4 Å². The maximum absolute atomic E-state index is 11.1. The lowest BCUT2D eigenvalue weighted by molar-refractivity contribution is -0.150. The number of carbonyl (C=O) groups excluding carboxylic acids is 1. The van der Waals surface area contributed by atoms with E-state index in [-0.39, 0.29) is 30.7 Å². The molecule has 0 bridgehead atoms. The Morgan fingerprint density at radius 3 is 2.65 bits per heavy atom. The van der Waals surface area contributed by atoms with Gasteiger partial charge in [-0.05, 0) is 31.8 Å². The third-order valence-corrected chi connectivity index (χ3v) is 2.50. The summed E-state index contributed by atoms with van der Waals surface area (Å²) >= 11 is 0. The molecule has 0 fully saturated rings. The number of phenols is 1. The number of phenolic OH excluding ortho intramolecular Hbond substituents is 1. The predicted molar refractivity (Wildman–Crippen MR) is 79.2 cm³/mol. The molecule has 20 heavy (non-hydrogen) atoms. The van der Waals surface area contributed by atoms with Gasteiger partial charge in [0, 0.05) is 13.5 Å². The van der Waals surface area contributed by atoms with E-state index in [1.807, 2.05) is 19.0 Å². The number of rotatable bonds is 7. The lowest BCUT2D eigenvalue weighted by Crippen LogP contribution is -2.21. The number of carbonyl (C=O) groups is 1. The van der Waals surface area contributed by atoms with Crippen LogP contribution in [0.25, 0.3) is 0 Å². The maximum atomic E-state index is 11.1. The van der Waals surface area contributed by atoms with E-state index in [1.54, 1.807) is 24.3 Å². The van der Waals surface area contributed by atoms with Gasteiger partial charge in [0.25, 0.3) is 0 Å². The second kappa shape index (κ2) is 9.58. The molecule has 0 spiro atoms. The number of esters is 1. The van der Waals surface area contributed by atoms with Gasteiger partial charge < -0.3 is 19.5 Å². The van der Waals surface area contributed by atoms with Gasteiger partial charge >= 0.3 is 5.97 Å². The van der Waals surface area contributed by atoms with E-state index >= 15 is 0 Å². The number of nitrogens with zero attached hydrogens (tertiary/aromatic N) is 1. The highest BCUT2D eigenvalue weighted by Gasteiger charge is 2.15. The van der Waals surface area contributed by atoms with Crippen LogP contribution in [0.1, 0.15) is 18.6 Å². The molecule has 0 aliphatic carbocycles. The summed E-state index contributed by atoms with van der Waals surface area (Å²) in [4.78, 5) is 13.1. The Kier molecular flexibility index (Phi) is 8.96. The molecule has 1 rings (SSSR count). The molecular formula is C14H22ClNO4. The topological polar surface area (TPSA) is 59.0 Å². The molecule has 1 aromatic carbocycles. The second-order valence-corrected chi connectivity index (χ2v) is 4.57. The summed E-state index contributed by atoms with van der Waals surface area (Å²) in [5, 5.41) is 9.45. The maximum Gasteiger partial charge on any atom is 0.303 e. The summed E-state index contributed by atoms with van der Waals surface area (Å²) in [6.45, 7) is 2.99. The zero-order chi connectivity index (χ0) is 14.3. The molecule has 6 heteroatoms. The lowest BCUT2D eigenvalue weighted by atomic mass is 10.1. The molecule has 0 aliphatic heterocycles. The molecule has 0 amide bonds. The van der Waals surface area contributed by atoms with Crippen molar-refractivity contribution in [1.82, 2.24) is 4.90 Å². The highest BCUT2D eigenvalue weighted by atomic mass is 35.5. The monoisotopic (exact) mass is 303 g/mol. The third kappa shape index (κ3) is 7.33. The summed E-state index contributed by atoms with van der Waals surface area (Å²) < 4.78 is 10.7. The molecule has 0 aliphatic rings. The number of aromatic hydroxyl groups is 1. The van der Waals surface area contributed by atoms with E-state index < -0.39 is 6.10 Å². The van der Waals surface area contributed by atoms with Crippen LogP contribution in [0.2, 0.25) is 0 Å². The van der Waals surface area contributed by atoms with Crippen molar-refractivity contribution in [3.05, 3.63) is 29.8 Å². The Hall–Kier alpha value is -1.30. The number of likely N-dealkylation sites (N-methyl/N-ethyl adjacent to an activating group) is 1. The zero-order valence-electron chi connectivity index (χ0n) is 12.0. The number of benzene rings is 1. The van der Waals surface area contributed by atoms with Crippen LogP contribution in [-0.2, 0) is 14.3 Å². The normalized spacial score (nSPS) is 11.8. The highest BCUT2D eigenvalue weighted by molar-refractivity contribution is 5.85. The van der Waals surface area contributed by atoms with Gasteiger partial charge in [0.1, 0.15) is 5.75 Å². The quantitative estimate of drug-likeness (QED) is 0.617. The highest BCUT2D eigenvalue weighted by Crippen LogP contribution is 2.22. The zero-order valence-corrected chi connectivity index (χ0v) is 12.9. The summed E-state index contributed by atoms with van der Waals surface area (Å²) in [5.74, 6) is -0.229. The Balaban J connectivity index is 0.00000361. The van der Waals surface area contributed by atoms with Crippen LogP contribution in [-0.4, -0.2) is 49.8 Å². The van der Waals surface area contributed by atoms with Crippen molar-refractivity contribution in [3.63, 3.8) is 0 Å². The molecule has 0 saturated carbocycles. The third-order valence-electron chi connectivity index (χ3n) is 2.50. The largest absolute Gasteiger partial charge is 0.508 e. The van der Waals surface area contributed by atoms with Crippen LogP contribution in [0.15, 0.2) is 24.3 Å². The van der Waals surface area contributed by atoms with Crippen molar-refractivity contribution in [1.29, 1.82) is 0 Å². The fraction of sp³-hybridized carbons (Fsp3) is 0.500. The summed E-state index contributed by atoms with van der Waals surface area (Å²) in [6.07, 6.45) is -0.494. The molecule has 0 radical (unpaired) electrons. The molecule has 114 valence electrons. The van der Waals surface area contributed by atoms with Crippen molar-refractivity contribution in [3.8, 4) is 5.75 Å². The molecular weight excluding hydrogens is 282 g/mol. The van der Waals surface area contributed by atoms with Crippen LogP contribution in [0.5, 0.6) is 5.75 Å². The van der Waals surface area contributed by atoms with Gasteiger partial charge in [-0.15, -0.1) is 12.4 Å². The van der Waals surface area contributed by atoms with E-state index in [2.05, 4.69) is 0 Å². The molecule has 0 heterocycles. The van der Waals surface area contributed by atoms with Gasteiger partial charge in [-0.3, -0.25) is 4.79 Å². The average Bonchev–Trinajstić information content (AvgIpc) is 2.32. The van der Waals surface area contributed by atoms with Crippen molar-refractivity contribution < 1.29 is 19.4 Å². The first kappa shape index (κ1) is 18.7. The fourth-order valence-electron chi connectivity index (χ4n) is 1.56. The van der Waals surface area contributed by atoms with E-state index in [0.717, 1.165) is 12.1 Å². The Bertz CT molecular complexity index is 412. The average molecular weight is 304 g/mol. The molecule has 5 nitrogen and oxygen atoms in total. The molecule has 1 unspecified atom stereocenters. The summed E-state index contributed by atoms with van der Waals surface area (Å²) in [7, 11) is 3.92. The van der Waals surface area contributed by atoms with Gasteiger partial charge in [0.15, 0.2) is 6.10 Å². The van der Waals surface area contributed by atoms with Gasteiger partial charge in [-0.25, -0.2) is 0 Å². The predicted octanol–water partition coefficient (Wildman–Crippen LogP) is 2.00. The molecule has 0 aromatic heterocycles. The van der Waals surface area contributed by atoms with E-state index in [4.69, 9.17) is 9.47 Å². The lowest BCUT2D eigenvalue weighted by Gasteiger charge is -2.18. The van der Waals surface area contributed by atoms with E-state index in [0.29, 0.717) is 6.61 Å². The van der Waals surface area contributed by atoms with Crippen LogP contribution in [0.4, 0.5) is 0 Å². The first-order chi connectivity index (χ1) is 8.99. The first-order valence-corrected chi connectivity index (χ1v) is 6.17. The summed E-state index contributed by atoms with van der Waals surface area (Å²) in [5.41, 5.74) is 0.722. The Morgan fingerprint density at radius 2 is 2.10 bits per heavy atom. The molecule has 1 aromatic rings. The van der Waals surface area contributed by atoms with Gasteiger partial charge in [0.05, 0.1) is 13.2 Å². The molecule has 1 atom stereocenters. The number of hydrogen-bond acceptors (Lipinski definition) is 5. The van der Waals surface area contributed by atoms with E-state index in [9.17, 15) is 9.90 Å². The minimum absolute atomic E-state index is 0. The Labute approximate surface area is 125 Å². The van der Waals surface area contributed by atoms with Crippen LogP contribution in [0.3, 0.4) is 0 Å². The molecule has 0 saturated heterocycles. The van der Waals surface area contributed by atoms with Crippen molar-refractivity contribution >= 4 is 18.4 Å². The van der Waals surface area contributed by atoms with E-state index in [1.165, 1.54) is 6.92 Å². The smallest absolute Gasteiger partial charge is 0.303 e. The number of halogens is 1. The van der Waals surface area contributed by atoms with Crippen molar-refractivity contribution in [2.75, 3.05) is 33.9 Å². The SMILES string of the molecule is CC(=O)OC(COCCN(C)C)c1cccc(O)c1.Cl. The standard InChI is InChI=1S/C14H21NO4.ClH/c1-11(16)19-14(10-18-8-7-15(2)3)12-5-4-6-13(17)9-12;/h4-6,9,14,17H,7-8,10H2,1-3H3;1H. The first-order valence-electron chi connectivity index (χ1n) is 6.17. The minimum Gasteiger partial charge on any atom is -0.508 e. The molecule has 1 N–H and O–H groups in total. The fourth-order valence-corrected chi connectivity index (χ4v) is 1.56. The number of hydrogen-bond donors (Lipinski definition) is 1. The minimum atomic E-state index is -0.494. The van der Waals surface area contributed by atoms with Crippen LogP contribution < -0.4 is 0 Å². The van der Waals surface area contributed by atoms with Crippen molar-refractivity contribution in [2.45, 2.75) is 13.0 Å².